The molecule has 0 radical (unpaired) electrons. The van der Waals surface area contributed by atoms with E-state index in [-0.39, 0.29) is 5.91 Å². The van der Waals surface area contributed by atoms with Gasteiger partial charge in [-0.05, 0) is 42.3 Å². The Balaban J connectivity index is 1.48. The molecule has 3 aromatic rings. The molecular formula is C20H20ClN3O2. The monoisotopic (exact) mass is 369 g/mol. The lowest BCUT2D eigenvalue weighted by Gasteiger charge is -2.15. The summed E-state index contributed by atoms with van der Waals surface area (Å²) in [6.07, 6.45) is 4.89. The zero-order valence-corrected chi connectivity index (χ0v) is 15.2. The van der Waals surface area contributed by atoms with Gasteiger partial charge in [0.25, 0.3) is 5.91 Å². The molecule has 1 heterocycles. The van der Waals surface area contributed by atoms with Crippen molar-refractivity contribution in [2.24, 2.45) is 0 Å². The summed E-state index contributed by atoms with van der Waals surface area (Å²) in [4.78, 5) is 16.2. The Bertz CT molecular complexity index is 831. The van der Waals surface area contributed by atoms with E-state index in [9.17, 15) is 4.79 Å². The highest BCUT2D eigenvalue weighted by molar-refractivity contribution is 6.30. The average Bonchev–Trinajstić information content (AvgIpc) is 3.16. The van der Waals surface area contributed by atoms with Gasteiger partial charge < -0.3 is 14.6 Å². The van der Waals surface area contributed by atoms with E-state index in [0.717, 1.165) is 12.1 Å². The Kier molecular flexibility index (Phi) is 5.92. The molecule has 1 unspecified atom stereocenters. The van der Waals surface area contributed by atoms with Crippen LogP contribution in [0.4, 0.5) is 0 Å². The topological polar surface area (TPSA) is 56.1 Å². The van der Waals surface area contributed by atoms with E-state index in [1.54, 1.807) is 43.7 Å². The van der Waals surface area contributed by atoms with Gasteiger partial charge in [-0.3, -0.25) is 4.79 Å². The van der Waals surface area contributed by atoms with Gasteiger partial charge in [0.15, 0.2) is 6.10 Å². The number of benzene rings is 2. The van der Waals surface area contributed by atoms with Gasteiger partial charge in [0.1, 0.15) is 5.75 Å². The van der Waals surface area contributed by atoms with Crippen molar-refractivity contribution < 1.29 is 9.53 Å². The number of carbonyl (C=O) groups excluding carboxylic acids is 1. The zero-order valence-electron chi connectivity index (χ0n) is 14.4. The van der Waals surface area contributed by atoms with Crippen molar-refractivity contribution in [3.8, 4) is 5.75 Å². The predicted octanol–water partition coefficient (Wildman–Crippen LogP) is 3.67. The number of nitrogens with zero attached hydrogens (tertiary/aromatic N) is 2. The molecule has 0 aliphatic heterocycles. The van der Waals surface area contributed by atoms with Crippen LogP contribution < -0.4 is 10.1 Å². The van der Waals surface area contributed by atoms with Gasteiger partial charge in [0.2, 0.25) is 0 Å². The third-order valence-electron chi connectivity index (χ3n) is 3.91. The third-order valence-corrected chi connectivity index (χ3v) is 4.16. The number of hydrogen-bond acceptors (Lipinski definition) is 3. The normalized spacial score (nSPS) is 11.8. The van der Waals surface area contributed by atoms with E-state index in [0.29, 0.717) is 17.3 Å². The number of halogens is 1. The number of hydrogen-bond donors (Lipinski definition) is 1. The average molecular weight is 370 g/mol. The summed E-state index contributed by atoms with van der Waals surface area (Å²) >= 11 is 5.84. The second-order valence-electron chi connectivity index (χ2n) is 5.98. The van der Waals surface area contributed by atoms with Crippen LogP contribution >= 0.6 is 11.6 Å². The Morgan fingerprint density at radius 2 is 1.85 bits per heavy atom. The second-order valence-corrected chi connectivity index (χ2v) is 6.42. The summed E-state index contributed by atoms with van der Waals surface area (Å²) in [6.45, 7) is 2.95. The second kappa shape index (κ2) is 8.54. The molecule has 0 saturated carbocycles. The van der Waals surface area contributed by atoms with E-state index in [4.69, 9.17) is 16.3 Å². The van der Waals surface area contributed by atoms with Crippen LogP contribution in [0.15, 0.2) is 67.3 Å². The van der Waals surface area contributed by atoms with Gasteiger partial charge in [-0.1, -0.05) is 35.9 Å². The highest BCUT2D eigenvalue weighted by atomic mass is 35.5. The minimum atomic E-state index is -0.586. The molecule has 5 nitrogen and oxygen atoms in total. The first-order valence-electron chi connectivity index (χ1n) is 8.33. The fourth-order valence-electron chi connectivity index (χ4n) is 2.46. The number of ether oxygens (including phenoxy) is 1. The maximum absolute atomic E-state index is 12.2. The lowest BCUT2D eigenvalue weighted by molar-refractivity contribution is -0.127. The number of amides is 1. The van der Waals surface area contributed by atoms with E-state index >= 15 is 0 Å². The Morgan fingerprint density at radius 3 is 2.50 bits per heavy atom. The van der Waals surface area contributed by atoms with Crippen molar-refractivity contribution in [1.82, 2.24) is 14.9 Å². The standard InChI is InChI=1S/C20H20ClN3O2/c1-15(26-19-8-6-18(21)7-9-19)20(25)23-12-16-2-4-17(5-3-16)13-24-11-10-22-14-24/h2-11,14-15H,12-13H2,1H3,(H,23,25). The molecule has 6 heteroatoms. The minimum Gasteiger partial charge on any atom is -0.481 e. The van der Waals surface area contributed by atoms with Crippen LogP contribution in [0.2, 0.25) is 5.02 Å². The zero-order chi connectivity index (χ0) is 18.4. The number of imidazole rings is 1. The Labute approximate surface area is 157 Å². The summed E-state index contributed by atoms with van der Waals surface area (Å²) < 4.78 is 7.62. The molecule has 1 aromatic heterocycles. The van der Waals surface area contributed by atoms with Crippen molar-refractivity contribution in [3.63, 3.8) is 0 Å². The fourth-order valence-corrected chi connectivity index (χ4v) is 2.58. The molecule has 0 aliphatic carbocycles. The first-order chi connectivity index (χ1) is 12.6. The van der Waals surface area contributed by atoms with Crippen LogP contribution in [0, 0.1) is 0 Å². The molecular weight excluding hydrogens is 350 g/mol. The molecule has 1 atom stereocenters. The minimum absolute atomic E-state index is 0.164. The fraction of sp³-hybridized carbons (Fsp3) is 0.200. The van der Waals surface area contributed by atoms with Gasteiger partial charge in [0, 0.05) is 30.5 Å². The van der Waals surface area contributed by atoms with Crippen LogP contribution in [-0.2, 0) is 17.9 Å². The van der Waals surface area contributed by atoms with Crippen LogP contribution in [0.1, 0.15) is 18.1 Å². The maximum Gasteiger partial charge on any atom is 0.261 e. The van der Waals surface area contributed by atoms with Crippen molar-refractivity contribution >= 4 is 17.5 Å². The Hall–Kier alpha value is -2.79. The number of carbonyl (C=O) groups is 1. The van der Waals surface area contributed by atoms with E-state index < -0.39 is 6.10 Å². The highest BCUT2D eigenvalue weighted by Gasteiger charge is 2.14. The number of aromatic nitrogens is 2. The first-order valence-corrected chi connectivity index (χ1v) is 8.71. The maximum atomic E-state index is 12.2. The third kappa shape index (κ3) is 5.10. The lowest BCUT2D eigenvalue weighted by atomic mass is 10.1. The molecule has 1 N–H and O–H groups in total. The molecule has 0 aliphatic rings. The van der Waals surface area contributed by atoms with Crippen molar-refractivity contribution in [1.29, 1.82) is 0 Å². The van der Waals surface area contributed by atoms with E-state index in [1.807, 2.05) is 22.9 Å². The van der Waals surface area contributed by atoms with Crippen LogP contribution in [-0.4, -0.2) is 21.6 Å². The SMILES string of the molecule is CC(Oc1ccc(Cl)cc1)C(=O)NCc1ccc(Cn2ccnc2)cc1. The van der Waals surface area contributed by atoms with Gasteiger partial charge >= 0.3 is 0 Å². The molecule has 1 amide bonds. The van der Waals surface area contributed by atoms with E-state index in [2.05, 4.69) is 22.4 Å². The summed E-state index contributed by atoms with van der Waals surface area (Å²) in [5, 5.41) is 3.52. The smallest absolute Gasteiger partial charge is 0.261 e. The van der Waals surface area contributed by atoms with Crippen LogP contribution in [0.25, 0.3) is 0 Å². The molecule has 0 saturated heterocycles. The molecule has 134 valence electrons. The molecule has 0 fully saturated rings. The molecule has 0 spiro atoms. The predicted molar refractivity (Wildman–Crippen MR) is 101 cm³/mol. The molecule has 0 bridgehead atoms. The molecule has 3 rings (SSSR count). The highest BCUT2D eigenvalue weighted by Crippen LogP contribution is 2.16. The van der Waals surface area contributed by atoms with Gasteiger partial charge in [-0.25, -0.2) is 4.98 Å². The summed E-state index contributed by atoms with van der Waals surface area (Å²) in [5.74, 6) is 0.448. The van der Waals surface area contributed by atoms with Gasteiger partial charge in [-0.15, -0.1) is 0 Å². The van der Waals surface area contributed by atoms with Crippen molar-refractivity contribution in [2.75, 3.05) is 0 Å². The summed E-state index contributed by atoms with van der Waals surface area (Å²) in [5.41, 5.74) is 2.21. The van der Waals surface area contributed by atoms with Crippen molar-refractivity contribution in [3.05, 3.63) is 83.4 Å². The quantitative estimate of drug-likeness (QED) is 0.691. The summed E-state index contributed by atoms with van der Waals surface area (Å²) in [6, 6.07) is 15.1. The van der Waals surface area contributed by atoms with Crippen LogP contribution in [0.3, 0.4) is 0 Å². The van der Waals surface area contributed by atoms with E-state index in [1.165, 1.54) is 5.56 Å². The number of rotatable bonds is 7. The lowest BCUT2D eigenvalue weighted by Crippen LogP contribution is -2.35. The summed E-state index contributed by atoms with van der Waals surface area (Å²) in [7, 11) is 0. The van der Waals surface area contributed by atoms with Crippen LogP contribution in [0.5, 0.6) is 5.75 Å². The molecule has 26 heavy (non-hydrogen) atoms. The largest absolute Gasteiger partial charge is 0.481 e. The molecule has 2 aromatic carbocycles. The van der Waals surface area contributed by atoms with Gasteiger partial charge in [0.05, 0.1) is 6.33 Å². The van der Waals surface area contributed by atoms with Gasteiger partial charge in [-0.2, -0.15) is 0 Å². The Morgan fingerprint density at radius 1 is 1.15 bits per heavy atom. The number of nitrogens with one attached hydrogen (secondary N) is 1. The first kappa shape index (κ1) is 18.0. The van der Waals surface area contributed by atoms with Crippen molar-refractivity contribution in [2.45, 2.75) is 26.1 Å².